The molecule has 112 valence electrons. The quantitative estimate of drug-likeness (QED) is 0.887. The molecule has 21 heavy (non-hydrogen) atoms. The summed E-state index contributed by atoms with van der Waals surface area (Å²) in [4.78, 5) is 4.41. The Morgan fingerprint density at radius 3 is 2.57 bits per heavy atom. The Kier molecular flexibility index (Phi) is 4.86. The second-order valence-electron chi connectivity index (χ2n) is 6.09. The molecule has 1 heterocycles. The van der Waals surface area contributed by atoms with Crippen LogP contribution in [0.4, 0.5) is 0 Å². The Bertz CT molecular complexity index is 620. The molecule has 0 radical (unpaired) electrons. The van der Waals surface area contributed by atoms with E-state index in [1.165, 1.54) is 0 Å². The van der Waals surface area contributed by atoms with Crippen LogP contribution < -0.4 is 10.1 Å². The molecule has 0 aliphatic heterocycles. The van der Waals surface area contributed by atoms with E-state index in [4.69, 9.17) is 16.3 Å². The standard InChI is InChI=1S/C17H21ClN2O/c1-12-9-13(11-19-17(2,3)4)10-16(20-12)21-15-8-6-5-7-14(15)18/h5-10,19H,11H2,1-4H3. The zero-order chi connectivity index (χ0) is 15.5. The fourth-order valence-corrected chi connectivity index (χ4v) is 2.04. The lowest BCUT2D eigenvalue weighted by atomic mass is 10.1. The second-order valence-corrected chi connectivity index (χ2v) is 6.50. The number of aryl methyl sites for hydroxylation is 1. The van der Waals surface area contributed by atoms with Crippen molar-refractivity contribution in [3.05, 3.63) is 52.7 Å². The molecule has 1 aromatic carbocycles. The van der Waals surface area contributed by atoms with E-state index in [9.17, 15) is 0 Å². The van der Waals surface area contributed by atoms with Gasteiger partial charge >= 0.3 is 0 Å². The number of hydrogen-bond acceptors (Lipinski definition) is 3. The van der Waals surface area contributed by atoms with Crippen molar-refractivity contribution < 1.29 is 4.74 Å². The van der Waals surface area contributed by atoms with Gasteiger partial charge in [-0.2, -0.15) is 0 Å². The summed E-state index contributed by atoms with van der Waals surface area (Å²) in [5.41, 5.74) is 2.13. The second kappa shape index (κ2) is 6.46. The van der Waals surface area contributed by atoms with E-state index in [2.05, 4.69) is 37.1 Å². The van der Waals surface area contributed by atoms with Gasteiger partial charge in [-0.1, -0.05) is 23.7 Å². The van der Waals surface area contributed by atoms with Crippen LogP contribution in [-0.4, -0.2) is 10.5 Å². The number of para-hydroxylation sites is 1. The van der Waals surface area contributed by atoms with Gasteiger partial charge in [-0.05, 0) is 51.5 Å². The van der Waals surface area contributed by atoms with Crippen molar-refractivity contribution >= 4 is 11.6 Å². The molecule has 4 heteroatoms. The van der Waals surface area contributed by atoms with Gasteiger partial charge in [0, 0.05) is 23.8 Å². The number of ether oxygens (including phenoxy) is 1. The molecule has 0 saturated heterocycles. The first-order valence-electron chi connectivity index (χ1n) is 6.98. The number of pyridine rings is 1. The first-order chi connectivity index (χ1) is 9.83. The molecule has 3 nitrogen and oxygen atoms in total. The molecule has 0 bridgehead atoms. The van der Waals surface area contributed by atoms with Gasteiger partial charge in [0.25, 0.3) is 0 Å². The van der Waals surface area contributed by atoms with E-state index >= 15 is 0 Å². The average Bonchev–Trinajstić information content (AvgIpc) is 2.38. The number of hydrogen-bond donors (Lipinski definition) is 1. The maximum atomic E-state index is 6.11. The summed E-state index contributed by atoms with van der Waals surface area (Å²) in [6.07, 6.45) is 0. The van der Waals surface area contributed by atoms with Gasteiger partial charge < -0.3 is 10.1 Å². The van der Waals surface area contributed by atoms with Crippen LogP contribution in [0.1, 0.15) is 32.0 Å². The number of rotatable bonds is 4. The molecular weight excluding hydrogens is 284 g/mol. The minimum absolute atomic E-state index is 0.0704. The highest BCUT2D eigenvalue weighted by molar-refractivity contribution is 6.32. The van der Waals surface area contributed by atoms with Crippen LogP contribution in [0.2, 0.25) is 5.02 Å². The minimum atomic E-state index is 0.0704. The molecule has 0 atom stereocenters. The fraction of sp³-hybridized carbons (Fsp3) is 0.353. The third-order valence-corrected chi connectivity index (χ3v) is 3.18. The molecule has 0 unspecified atom stereocenters. The Hall–Kier alpha value is -1.58. The lowest BCUT2D eigenvalue weighted by molar-refractivity contribution is 0.421. The number of halogens is 1. The molecule has 1 aromatic heterocycles. The lowest BCUT2D eigenvalue weighted by Crippen LogP contribution is -2.35. The smallest absolute Gasteiger partial charge is 0.219 e. The summed E-state index contributed by atoms with van der Waals surface area (Å²) >= 11 is 6.11. The Labute approximate surface area is 131 Å². The molecule has 2 rings (SSSR count). The highest BCUT2D eigenvalue weighted by Crippen LogP contribution is 2.28. The van der Waals surface area contributed by atoms with Crippen LogP contribution in [0, 0.1) is 6.92 Å². The Balaban J connectivity index is 2.17. The maximum Gasteiger partial charge on any atom is 0.219 e. The summed E-state index contributed by atoms with van der Waals surface area (Å²) < 4.78 is 5.79. The Morgan fingerprint density at radius 2 is 1.90 bits per heavy atom. The van der Waals surface area contributed by atoms with E-state index < -0.39 is 0 Å². The van der Waals surface area contributed by atoms with Crippen molar-refractivity contribution in [2.24, 2.45) is 0 Å². The summed E-state index contributed by atoms with van der Waals surface area (Å²) in [7, 11) is 0. The van der Waals surface area contributed by atoms with Crippen molar-refractivity contribution in [2.75, 3.05) is 0 Å². The first kappa shape index (κ1) is 15.8. The number of nitrogens with zero attached hydrogens (tertiary/aromatic N) is 1. The zero-order valence-electron chi connectivity index (χ0n) is 12.9. The molecule has 0 saturated carbocycles. The van der Waals surface area contributed by atoms with Crippen molar-refractivity contribution in [1.29, 1.82) is 0 Å². The molecule has 0 aliphatic rings. The van der Waals surface area contributed by atoms with Crippen LogP contribution in [-0.2, 0) is 6.54 Å². The summed E-state index contributed by atoms with van der Waals surface area (Å²) in [6.45, 7) is 9.15. The Morgan fingerprint density at radius 1 is 1.19 bits per heavy atom. The van der Waals surface area contributed by atoms with E-state index in [0.717, 1.165) is 17.8 Å². The molecule has 0 spiro atoms. The van der Waals surface area contributed by atoms with Crippen molar-refractivity contribution in [3.63, 3.8) is 0 Å². The van der Waals surface area contributed by atoms with Crippen molar-refractivity contribution in [1.82, 2.24) is 10.3 Å². The third-order valence-electron chi connectivity index (χ3n) is 2.86. The van der Waals surface area contributed by atoms with Crippen LogP contribution in [0.3, 0.4) is 0 Å². The van der Waals surface area contributed by atoms with E-state index in [1.807, 2.05) is 31.2 Å². The maximum absolute atomic E-state index is 6.11. The predicted molar refractivity (Wildman–Crippen MR) is 87.1 cm³/mol. The van der Waals surface area contributed by atoms with Gasteiger partial charge in [-0.15, -0.1) is 0 Å². The third kappa shape index (κ3) is 5.03. The van der Waals surface area contributed by atoms with E-state index in [-0.39, 0.29) is 5.54 Å². The SMILES string of the molecule is Cc1cc(CNC(C)(C)C)cc(Oc2ccccc2Cl)n1. The summed E-state index contributed by atoms with van der Waals surface area (Å²) in [5.74, 6) is 1.18. The van der Waals surface area contributed by atoms with Crippen molar-refractivity contribution in [2.45, 2.75) is 39.8 Å². The van der Waals surface area contributed by atoms with Gasteiger partial charge in [-0.3, -0.25) is 0 Å². The average molecular weight is 305 g/mol. The first-order valence-corrected chi connectivity index (χ1v) is 7.36. The monoisotopic (exact) mass is 304 g/mol. The van der Waals surface area contributed by atoms with Crippen LogP contribution in [0.25, 0.3) is 0 Å². The van der Waals surface area contributed by atoms with Gasteiger partial charge in [0.15, 0.2) is 0 Å². The summed E-state index contributed by atoms with van der Waals surface area (Å²) in [6, 6.07) is 11.4. The molecule has 2 aromatic rings. The number of benzene rings is 1. The van der Waals surface area contributed by atoms with Crippen LogP contribution in [0.15, 0.2) is 36.4 Å². The highest BCUT2D eigenvalue weighted by Gasteiger charge is 2.10. The van der Waals surface area contributed by atoms with Gasteiger partial charge in [-0.25, -0.2) is 4.98 Å². The molecule has 0 aliphatic carbocycles. The van der Waals surface area contributed by atoms with Gasteiger partial charge in [0.2, 0.25) is 5.88 Å². The molecule has 0 amide bonds. The fourth-order valence-electron chi connectivity index (χ4n) is 1.87. The normalized spacial score (nSPS) is 11.5. The predicted octanol–water partition coefficient (Wildman–Crippen LogP) is 4.72. The highest BCUT2D eigenvalue weighted by atomic mass is 35.5. The largest absolute Gasteiger partial charge is 0.437 e. The number of aromatic nitrogens is 1. The van der Waals surface area contributed by atoms with Gasteiger partial charge in [0.1, 0.15) is 5.75 Å². The molecule has 0 fully saturated rings. The van der Waals surface area contributed by atoms with Crippen molar-refractivity contribution in [3.8, 4) is 11.6 Å². The van der Waals surface area contributed by atoms with Crippen LogP contribution in [0.5, 0.6) is 11.6 Å². The molecule has 1 N–H and O–H groups in total. The van der Waals surface area contributed by atoms with E-state index in [0.29, 0.717) is 16.7 Å². The summed E-state index contributed by atoms with van der Waals surface area (Å²) in [5, 5.41) is 4.04. The van der Waals surface area contributed by atoms with Crippen LogP contribution >= 0.6 is 11.6 Å². The zero-order valence-corrected chi connectivity index (χ0v) is 13.7. The van der Waals surface area contributed by atoms with E-state index in [1.54, 1.807) is 6.07 Å². The molecular formula is C17H21ClN2O. The number of nitrogens with one attached hydrogen (secondary N) is 1. The topological polar surface area (TPSA) is 34.1 Å². The minimum Gasteiger partial charge on any atom is -0.437 e. The lowest BCUT2D eigenvalue weighted by Gasteiger charge is -2.20. The van der Waals surface area contributed by atoms with Gasteiger partial charge in [0.05, 0.1) is 5.02 Å².